The minimum atomic E-state index is 0.428. The topological polar surface area (TPSA) is 29.5 Å². The van der Waals surface area contributed by atoms with E-state index in [4.69, 9.17) is 4.74 Å². The van der Waals surface area contributed by atoms with E-state index in [1.807, 2.05) is 0 Å². The average molecular weight is 237 g/mol. The van der Waals surface area contributed by atoms with Crippen molar-refractivity contribution < 1.29 is 9.53 Å². The number of hydrogen-bond acceptors (Lipinski definition) is 3. The lowest BCUT2D eigenvalue weighted by Gasteiger charge is -2.42. The summed E-state index contributed by atoms with van der Waals surface area (Å²) in [6, 6.07) is 0.591. The van der Waals surface area contributed by atoms with Gasteiger partial charge in [-0.25, -0.2) is 0 Å². The van der Waals surface area contributed by atoms with E-state index in [2.05, 4.69) is 17.9 Å². The standard InChI is InChI=1S/C14H23NO2/c1-3-6-15-9-11(10-17-2)7-12-8-13(16)4-5-14(12)15/h7,12,14H,3-6,8-10H2,1-2H3/t12-,14-/m0/s1. The Morgan fingerprint density at radius 3 is 3.06 bits per heavy atom. The summed E-state index contributed by atoms with van der Waals surface area (Å²) in [5.41, 5.74) is 1.34. The molecule has 96 valence electrons. The van der Waals surface area contributed by atoms with Gasteiger partial charge >= 0.3 is 0 Å². The fourth-order valence-electron chi connectivity index (χ4n) is 3.19. The molecule has 0 aromatic heterocycles. The Bertz CT molecular complexity index is 311. The van der Waals surface area contributed by atoms with Crippen LogP contribution in [0.2, 0.25) is 0 Å². The van der Waals surface area contributed by atoms with Gasteiger partial charge in [-0.15, -0.1) is 0 Å². The van der Waals surface area contributed by atoms with Gasteiger partial charge < -0.3 is 4.74 Å². The molecular weight excluding hydrogens is 214 g/mol. The van der Waals surface area contributed by atoms with Gasteiger partial charge in [-0.1, -0.05) is 13.0 Å². The van der Waals surface area contributed by atoms with Gasteiger partial charge in [0.15, 0.2) is 0 Å². The Balaban J connectivity index is 2.11. The van der Waals surface area contributed by atoms with Crippen LogP contribution in [0.25, 0.3) is 0 Å². The molecule has 1 aliphatic carbocycles. The van der Waals surface area contributed by atoms with Crippen molar-refractivity contribution in [1.82, 2.24) is 4.90 Å². The van der Waals surface area contributed by atoms with E-state index in [9.17, 15) is 4.79 Å². The number of rotatable bonds is 4. The van der Waals surface area contributed by atoms with Gasteiger partial charge in [-0.3, -0.25) is 9.69 Å². The number of fused-ring (bicyclic) bond motifs is 1. The highest BCUT2D eigenvalue weighted by Crippen LogP contribution is 2.32. The van der Waals surface area contributed by atoms with Crippen molar-refractivity contribution in [3.8, 4) is 0 Å². The SMILES string of the molecule is CCCN1CC(COC)=C[C@H]2CC(=O)CC[C@@H]21. The number of hydrogen-bond donors (Lipinski definition) is 0. The number of Topliss-reactive ketones (excluding diaryl/α,β-unsaturated/α-hetero) is 1. The normalized spacial score (nSPS) is 30.0. The minimum absolute atomic E-state index is 0.428. The van der Waals surface area contributed by atoms with Gasteiger partial charge in [0.2, 0.25) is 0 Å². The molecule has 0 amide bonds. The van der Waals surface area contributed by atoms with Crippen LogP contribution in [0, 0.1) is 5.92 Å². The van der Waals surface area contributed by atoms with Crippen molar-refractivity contribution in [3.63, 3.8) is 0 Å². The molecule has 1 heterocycles. The number of ether oxygens (including phenoxy) is 1. The highest BCUT2D eigenvalue weighted by Gasteiger charge is 2.35. The first-order valence-electron chi connectivity index (χ1n) is 6.68. The summed E-state index contributed by atoms with van der Waals surface area (Å²) in [4.78, 5) is 14.1. The van der Waals surface area contributed by atoms with E-state index in [0.717, 1.165) is 32.4 Å². The molecule has 3 heteroatoms. The molecule has 1 aliphatic heterocycles. The molecule has 0 aromatic carbocycles. The lowest BCUT2D eigenvalue weighted by molar-refractivity contribution is -0.122. The molecule has 0 aromatic rings. The lowest BCUT2D eigenvalue weighted by atomic mass is 9.79. The molecule has 2 aliphatic rings. The van der Waals surface area contributed by atoms with Crippen LogP contribution in [0.4, 0.5) is 0 Å². The molecule has 0 radical (unpaired) electrons. The Kier molecular flexibility index (Phi) is 4.35. The molecule has 0 saturated heterocycles. The molecule has 1 fully saturated rings. The van der Waals surface area contributed by atoms with Crippen LogP contribution >= 0.6 is 0 Å². The summed E-state index contributed by atoms with van der Waals surface area (Å²) in [7, 11) is 1.74. The monoisotopic (exact) mass is 237 g/mol. The lowest BCUT2D eigenvalue weighted by Crippen LogP contribution is -2.48. The highest BCUT2D eigenvalue weighted by molar-refractivity contribution is 5.80. The van der Waals surface area contributed by atoms with Crippen LogP contribution < -0.4 is 0 Å². The molecule has 0 spiro atoms. The van der Waals surface area contributed by atoms with E-state index in [1.165, 1.54) is 12.0 Å². The molecule has 2 rings (SSSR count). The summed E-state index contributed by atoms with van der Waals surface area (Å²) < 4.78 is 5.23. The first-order chi connectivity index (χ1) is 8.24. The van der Waals surface area contributed by atoms with E-state index < -0.39 is 0 Å². The first kappa shape index (κ1) is 12.8. The summed E-state index contributed by atoms with van der Waals surface area (Å²) >= 11 is 0. The first-order valence-corrected chi connectivity index (χ1v) is 6.68. The van der Waals surface area contributed by atoms with Crippen LogP contribution in [0.5, 0.6) is 0 Å². The quantitative estimate of drug-likeness (QED) is 0.701. The van der Waals surface area contributed by atoms with Crippen molar-refractivity contribution in [2.24, 2.45) is 5.92 Å². The van der Waals surface area contributed by atoms with Crippen LogP contribution in [0.1, 0.15) is 32.6 Å². The third-order valence-electron chi connectivity index (χ3n) is 3.84. The maximum absolute atomic E-state index is 11.6. The van der Waals surface area contributed by atoms with Crippen LogP contribution in [0.15, 0.2) is 11.6 Å². The molecular formula is C14H23NO2. The number of methoxy groups -OCH3 is 1. The van der Waals surface area contributed by atoms with Gasteiger partial charge in [0.05, 0.1) is 6.61 Å². The van der Waals surface area contributed by atoms with E-state index in [0.29, 0.717) is 24.3 Å². The maximum Gasteiger partial charge on any atom is 0.133 e. The van der Waals surface area contributed by atoms with E-state index in [1.54, 1.807) is 7.11 Å². The second kappa shape index (κ2) is 5.78. The number of carbonyl (C=O) groups excluding carboxylic acids is 1. The Morgan fingerprint density at radius 2 is 2.35 bits per heavy atom. The fraction of sp³-hybridized carbons (Fsp3) is 0.786. The van der Waals surface area contributed by atoms with Crippen LogP contribution in [-0.4, -0.2) is 43.5 Å². The van der Waals surface area contributed by atoms with Crippen LogP contribution in [-0.2, 0) is 9.53 Å². The summed E-state index contributed by atoms with van der Waals surface area (Å²) in [5, 5.41) is 0. The zero-order valence-electron chi connectivity index (χ0n) is 10.9. The minimum Gasteiger partial charge on any atom is -0.380 e. The second-order valence-corrected chi connectivity index (χ2v) is 5.24. The molecule has 2 atom stereocenters. The zero-order chi connectivity index (χ0) is 12.3. The molecule has 3 nitrogen and oxygen atoms in total. The van der Waals surface area contributed by atoms with Crippen molar-refractivity contribution in [1.29, 1.82) is 0 Å². The largest absolute Gasteiger partial charge is 0.380 e. The summed E-state index contributed by atoms with van der Waals surface area (Å²) in [5.74, 6) is 0.860. The Hall–Kier alpha value is -0.670. The van der Waals surface area contributed by atoms with Gasteiger partial charge in [-0.2, -0.15) is 0 Å². The second-order valence-electron chi connectivity index (χ2n) is 5.24. The fourth-order valence-corrected chi connectivity index (χ4v) is 3.19. The molecule has 0 unspecified atom stereocenters. The summed E-state index contributed by atoms with van der Waals surface area (Å²) in [6.45, 7) is 5.09. The number of carbonyl (C=O) groups is 1. The molecule has 0 bridgehead atoms. The van der Waals surface area contributed by atoms with Crippen LogP contribution in [0.3, 0.4) is 0 Å². The summed E-state index contributed by atoms with van der Waals surface area (Å²) in [6.07, 6.45) is 6.03. The number of ketones is 1. The molecule has 17 heavy (non-hydrogen) atoms. The predicted octanol–water partition coefficient (Wildman–Crippen LogP) is 2.02. The maximum atomic E-state index is 11.6. The van der Waals surface area contributed by atoms with Crippen molar-refractivity contribution in [2.45, 2.75) is 38.6 Å². The van der Waals surface area contributed by atoms with E-state index >= 15 is 0 Å². The van der Waals surface area contributed by atoms with Crippen molar-refractivity contribution in [3.05, 3.63) is 11.6 Å². The van der Waals surface area contributed by atoms with Gasteiger partial charge in [0.1, 0.15) is 5.78 Å². The zero-order valence-corrected chi connectivity index (χ0v) is 10.9. The average Bonchev–Trinajstić information content (AvgIpc) is 2.29. The predicted molar refractivity (Wildman–Crippen MR) is 68.0 cm³/mol. The molecule has 1 saturated carbocycles. The van der Waals surface area contributed by atoms with Gasteiger partial charge in [-0.05, 0) is 30.9 Å². The van der Waals surface area contributed by atoms with Crippen molar-refractivity contribution in [2.75, 3.05) is 26.8 Å². The smallest absolute Gasteiger partial charge is 0.133 e. The highest BCUT2D eigenvalue weighted by atomic mass is 16.5. The Labute approximate surface area is 104 Å². The van der Waals surface area contributed by atoms with E-state index in [-0.39, 0.29) is 0 Å². The van der Waals surface area contributed by atoms with Crippen molar-refractivity contribution >= 4 is 5.78 Å². The number of nitrogens with zero attached hydrogens (tertiary/aromatic N) is 1. The van der Waals surface area contributed by atoms with Gasteiger partial charge in [0.25, 0.3) is 0 Å². The third-order valence-corrected chi connectivity index (χ3v) is 3.84. The third kappa shape index (κ3) is 2.96. The van der Waals surface area contributed by atoms with Gasteiger partial charge in [0, 0.05) is 32.5 Å². The molecule has 0 N–H and O–H groups in total. The Morgan fingerprint density at radius 1 is 1.53 bits per heavy atom.